The van der Waals surface area contributed by atoms with Crippen molar-refractivity contribution in [3.8, 4) is 0 Å². The number of unbranched alkanes of at least 4 members (excludes halogenated alkanes) is 4. The standard InChI is InChI=1S/C13H24N2O/c1-3-5-7-9-13-10-12-14(15(13)16)11-8-6-4-2/h10,12H,3-9,11H2,1-2H3. The maximum Gasteiger partial charge on any atom is 0.221 e. The van der Waals surface area contributed by atoms with E-state index < -0.39 is 0 Å². The van der Waals surface area contributed by atoms with E-state index in [-0.39, 0.29) is 0 Å². The minimum Gasteiger partial charge on any atom is -0.596 e. The topological polar surface area (TPSA) is 31.9 Å². The van der Waals surface area contributed by atoms with Gasteiger partial charge in [-0.05, 0) is 12.8 Å². The fourth-order valence-electron chi connectivity index (χ4n) is 1.89. The molecule has 0 saturated carbocycles. The normalized spacial score (nSPS) is 10.9. The molecule has 1 aromatic rings. The highest BCUT2D eigenvalue weighted by Crippen LogP contribution is 2.04. The average Bonchev–Trinajstić information content (AvgIpc) is 2.62. The summed E-state index contributed by atoms with van der Waals surface area (Å²) in [6.45, 7) is 5.21. The highest BCUT2D eigenvalue weighted by Gasteiger charge is 2.10. The number of hydrogen-bond acceptors (Lipinski definition) is 1. The van der Waals surface area contributed by atoms with Gasteiger partial charge in [0.05, 0.1) is 12.7 Å². The van der Waals surface area contributed by atoms with E-state index in [4.69, 9.17) is 0 Å². The molecular formula is C13H24N2O. The first-order chi connectivity index (χ1) is 7.79. The molecule has 0 bridgehead atoms. The molecule has 0 amide bonds. The lowest BCUT2D eigenvalue weighted by molar-refractivity contribution is -0.701. The van der Waals surface area contributed by atoms with Crippen molar-refractivity contribution in [2.45, 2.75) is 65.3 Å². The summed E-state index contributed by atoms with van der Waals surface area (Å²) < 4.78 is 1.79. The zero-order valence-electron chi connectivity index (χ0n) is 10.6. The van der Waals surface area contributed by atoms with Crippen molar-refractivity contribution in [2.75, 3.05) is 0 Å². The first-order valence-electron chi connectivity index (χ1n) is 6.57. The summed E-state index contributed by atoms with van der Waals surface area (Å²) in [5, 5.41) is 11.8. The molecule has 3 heteroatoms. The minimum atomic E-state index is 0.852. The number of aromatic nitrogens is 2. The van der Waals surface area contributed by atoms with Gasteiger partial charge < -0.3 is 5.21 Å². The maximum atomic E-state index is 11.8. The van der Waals surface area contributed by atoms with E-state index in [0.29, 0.717) is 0 Å². The van der Waals surface area contributed by atoms with Gasteiger partial charge in [-0.15, -0.1) is 4.68 Å². The number of aryl methyl sites for hydroxylation is 2. The van der Waals surface area contributed by atoms with Gasteiger partial charge in [0.25, 0.3) is 0 Å². The van der Waals surface area contributed by atoms with Gasteiger partial charge in [0.2, 0.25) is 5.69 Å². The second-order valence-corrected chi connectivity index (χ2v) is 4.41. The summed E-state index contributed by atoms with van der Waals surface area (Å²) in [7, 11) is 0. The van der Waals surface area contributed by atoms with Crippen LogP contribution >= 0.6 is 0 Å². The van der Waals surface area contributed by atoms with Crippen LogP contribution in [0.2, 0.25) is 0 Å². The zero-order chi connectivity index (χ0) is 11.8. The van der Waals surface area contributed by atoms with E-state index in [2.05, 4.69) is 13.8 Å². The molecule has 0 aromatic carbocycles. The Morgan fingerprint density at radius 1 is 1.12 bits per heavy atom. The van der Waals surface area contributed by atoms with Crippen molar-refractivity contribution in [1.82, 2.24) is 4.68 Å². The fourth-order valence-corrected chi connectivity index (χ4v) is 1.89. The molecule has 0 spiro atoms. The number of nitrogens with zero attached hydrogens (tertiary/aromatic N) is 2. The molecule has 0 fully saturated rings. The predicted molar refractivity (Wildman–Crippen MR) is 66.1 cm³/mol. The lowest BCUT2D eigenvalue weighted by Crippen LogP contribution is -2.40. The highest BCUT2D eigenvalue weighted by atomic mass is 16.5. The van der Waals surface area contributed by atoms with Crippen LogP contribution in [-0.2, 0) is 13.0 Å². The molecular weight excluding hydrogens is 200 g/mol. The van der Waals surface area contributed by atoms with E-state index in [1.165, 1.54) is 25.7 Å². The predicted octanol–water partition coefficient (Wildman–Crippen LogP) is 3.04. The van der Waals surface area contributed by atoms with Crippen molar-refractivity contribution < 1.29 is 4.85 Å². The van der Waals surface area contributed by atoms with E-state index in [1.54, 1.807) is 4.68 Å². The Bertz CT molecular complexity index is 267. The van der Waals surface area contributed by atoms with Crippen molar-refractivity contribution in [1.29, 1.82) is 0 Å². The molecule has 0 atom stereocenters. The van der Waals surface area contributed by atoms with Crippen LogP contribution in [0.3, 0.4) is 0 Å². The summed E-state index contributed by atoms with van der Waals surface area (Å²) >= 11 is 0. The Balaban J connectivity index is 2.41. The SMILES string of the molecule is CCCCCc1ccn(CCCCC)[n+]1[O-]. The molecule has 0 radical (unpaired) electrons. The van der Waals surface area contributed by atoms with Crippen LogP contribution < -0.4 is 4.85 Å². The lowest BCUT2D eigenvalue weighted by atomic mass is 10.2. The fraction of sp³-hybridized carbons (Fsp3) is 0.769. The van der Waals surface area contributed by atoms with Crippen LogP contribution in [0.25, 0.3) is 0 Å². The third-order valence-corrected chi connectivity index (χ3v) is 2.95. The molecule has 0 aliphatic rings. The van der Waals surface area contributed by atoms with Crippen LogP contribution in [0, 0.1) is 5.21 Å². The van der Waals surface area contributed by atoms with E-state index in [1.807, 2.05) is 12.3 Å². The molecule has 16 heavy (non-hydrogen) atoms. The van der Waals surface area contributed by atoms with Crippen LogP contribution in [0.15, 0.2) is 12.3 Å². The van der Waals surface area contributed by atoms with Gasteiger partial charge in [-0.2, -0.15) is 0 Å². The van der Waals surface area contributed by atoms with Crippen molar-refractivity contribution in [2.24, 2.45) is 0 Å². The van der Waals surface area contributed by atoms with Gasteiger partial charge in [0.1, 0.15) is 0 Å². The molecule has 1 aromatic heterocycles. The molecule has 1 heterocycles. The summed E-state index contributed by atoms with van der Waals surface area (Å²) in [5.74, 6) is 0. The number of hydrogen-bond donors (Lipinski definition) is 0. The van der Waals surface area contributed by atoms with E-state index >= 15 is 0 Å². The Hall–Kier alpha value is -0.990. The Kier molecular flexibility index (Phi) is 5.98. The second kappa shape index (κ2) is 7.31. The monoisotopic (exact) mass is 224 g/mol. The number of rotatable bonds is 8. The zero-order valence-corrected chi connectivity index (χ0v) is 10.6. The van der Waals surface area contributed by atoms with Gasteiger partial charge in [0, 0.05) is 12.5 Å². The van der Waals surface area contributed by atoms with Crippen molar-refractivity contribution in [3.63, 3.8) is 0 Å². The molecule has 1 rings (SSSR count). The quantitative estimate of drug-likeness (QED) is 0.379. The van der Waals surface area contributed by atoms with Crippen LogP contribution in [0.4, 0.5) is 0 Å². The first kappa shape index (κ1) is 13.1. The second-order valence-electron chi connectivity index (χ2n) is 4.41. The van der Waals surface area contributed by atoms with Crippen LogP contribution in [0.5, 0.6) is 0 Å². The van der Waals surface area contributed by atoms with Crippen LogP contribution in [-0.4, -0.2) is 4.68 Å². The smallest absolute Gasteiger partial charge is 0.221 e. The Morgan fingerprint density at radius 3 is 2.50 bits per heavy atom. The van der Waals surface area contributed by atoms with Crippen LogP contribution in [0.1, 0.15) is 58.1 Å². The summed E-state index contributed by atoms with van der Waals surface area (Å²) in [4.78, 5) is 1.07. The largest absolute Gasteiger partial charge is 0.596 e. The lowest BCUT2D eigenvalue weighted by Gasteiger charge is -2.04. The molecule has 3 nitrogen and oxygen atoms in total. The molecule has 0 aliphatic heterocycles. The molecule has 0 unspecified atom stereocenters. The first-order valence-corrected chi connectivity index (χ1v) is 6.57. The average molecular weight is 224 g/mol. The molecule has 0 saturated heterocycles. The van der Waals surface area contributed by atoms with Gasteiger partial charge >= 0.3 is 0 Å². The summed E-state index contributed by atoms with van der Waals surface area (Å²) in [5.41, 5.74) is 0.921. The third kappa shape index (κ3) is 3.87. The maximum absolute atomic E-state index is 11.8. The summed E-state index contributed by atoms with van der Waals surface area (Å²) in [6.07, 6.45) is 9.87. The molecule has 92 valence electrons. The van der Waals surface area contributed by atoms with E-state index in [0.717, 1.165) is 36.3 Å². The molecule has 0 N–H and O–H groups in total. The van der Waals surface area contributed by atoms with Gasteiger partial charge in [-0.1, -0.05) is 44.4 Å². The third-order valence-electron chi connectivity index (χ3n) is 2.95. The minimum absolute atomic E-state index is 0.852. The summed E-state index contributed by atoms with van der Waals surface area (Å²) in [6, 6.07) is 1.97. The Labute approximate surface area is 98.6 Å². The van der Waals surface area contributed by atoms with Crippen molar-refractivity contribution in [3.05, 3.63) is 23.2 Å². The van der Waals surface area contributed by atoms with Gasteiger partial charge in [0.15, 0.2) is 0 Å². The highest BCUT2D eigenvalue weighted by molar-refractivity contribution is 4.92. The molecule has 0 aliphatic carbocycles. The van der Waals surface area contributed by atoms with E-state index in [9.17, 15) is 5.21 Å². The van der Waals surface area contributed by atoms with Gasteiger partial charge in [-0.3, -0.25) is 0 Å². The van der Waals surface area contributed by atoms with Gasteiger partial charge in [-0.25, -0.2) is 0 Å². The Morgan fingerprint density at radius 2 is 1.81 bits per heavy atom. The van der Waals surface area contributed by atoms with Crippen molar-refractivity contribution >= 4 is 0 Å².